The van der Waals surface area contributed by atoms with Crippen LogP contribution < -0.4 is 10.6 Å². The van der Waals surface area contributed by atoms with Crippen LogP contribution in [0.3, 0.4) is 0 Å². The Morgan fingerprint density at radius 1 is 1.14 bits per heavy atom. The molecule has 1 aliphatic carbocycles. The number of hydrogen-bond acceptors (Lipinski definition) is 2. The topological polar surface area (TPSA) is 58.1 Å². The summed E-state index contributed by atoms with van der Waals surface area (Å²) in [4.78, 5) is 30.0. The first-order valence-corrected chi connectivity index (χ1v) is 9.98. The van der Waals surface area contributed by atoms with Gasteiger partial charge in [-0.15, -0.1) is 0 Å². The average Bonchev–Trinajstić information content (AvgIpc) is 3.41. The van der Waals surface area contributed by atoms with E-state index in [-0.39, 0.29) is 22.8 Å². The van der Waals surface area contributed by atoms with Crippen molar-refractivity contribution in [1.29, 1.82) is 0 Å². The van der Waals surface area contributed by atoms with Gasteiger partial charge >= 0.3 is 5.69 Å². The van der Waals surface area contributed by atoms with Gasteiger partial charge in [0.25, 0.3) is 5.91 Å². The highest BCUT2D eigenvalue weighted by atomic mass is 19.1. The van der Waals surface area contributed by atoms with Crippen LogP contribution in [-0.4, -0.2) is 22.0 Å². The predicted molar refractivity (Wildman–Crippen MR) is 109 cm³/mol. The summed E-state index contributed by atoms with van der Waals surface area (Å²) in [6.45, 7) is 2.34. The van der Waals surface area contributed by atoms with Crippen molar-refractivity contribution < 1.29 is 9.18 Å². The summed E-state index contributed by atoms with van der Waals surface area (Å²) in [5.74, 6) is -0.383. The van der Waals surface area contributed by atoms with E-state index >= 15 is 0 Å². The van der Waals surface area contributed by atoms with E-state index in [1.54, 1.807) is 41.4 Å². The van der Waals surface area contributed by atoms with Crippen LogP contribution in [0.25, 0.3) is 5.69 Å². The quantitative estimate of drug-likeness (QED) is 0.715. The molecule has 1 aromatic heterocycles. The molecular weight excluding hydrogens is 369 g/mol. The molecule has 0 unspecified atom stereocenters. The summed E-state index contributed by atoms with van der Waals surface area (Å²) >= 11 is 0. The third-order valence-electron chi connectivity index (χ3n) is 6.39. The summed E-state index contributed by atoms with van der Waals surface area (Å²) in [5.41, 5.74) is 2.73. The number of H-pyrrole nitrogens is 1. The SMILES string of the molecule is Cc1c[nH]c(=O)n1-c1cccc(C(=O)N2CC3(CCCC3)c3c(F)cccc32)c1. The minimum atomic E-state index is -0.276. The number of hydrogen-bond donors (Lipinski definition) is 1. The van der Waals surface area contributed by atoms with E-state index in [0.717, 1.165) is 31.4 Å². The molecule has 148 valence electrons. The molecular formula is C23H22FN3O2. The third-order valence-corrected chi connectivity index (χ3v) is 6.39. The summed E-state index contributed by atoms with van der Waals surface area (Å²) in [6.07, 6.45) is 5.56. The average molecular weight is 391 g/mol. The van der Waals surface area contributed by atoms with Crippen LogP contribution in [0, 0.1) is 12.7 Å². The monoisotopic (exact) mass is 391 g/mol. The minimum Gasteiger partial charge on any atom is -0.312 e. The van der Waals surface area contributed by atoms with Gasteiger partial charge < -0.3 is 9.88 Å². The highest BCUT2D eigenvalue weighted by molar-refractivity contribution is 6.08. The Morgan fingerprint density at radius 3 is 2.62 bits per heavy atom. The molecule has 1 N–H and O–H groups in total. The van der Waals surface area contributed by atoms with E-state index in [4.69, 9.17) is 0 Å². The molecule has 29 heavy (non-hydrogen) atoms. The van der Waals surface area contributed by atoms with E-state index in [1.165, 1.54) is 10.6 Å². The largest absolute Gasteiger partial charge is 0.330 e. The number of benzene rings is 2. The van der Waals surface area contributed by atoms with Crippen molar-refractivity contribution in [2.24, 2.45) is 0 Å². The zero-order valence-corrected chi connectivity index (χ0v) is 16.2. The van der Waals surface area contributed by atoms with Gasteiger partial charge in [0.05, 0.1) is 11.4 Å². The number of rotatable bonds is 2. The van der Waals surface area contributed by atoms with E-state index < -0.39 is 0 Å². The number of fused-ring (bicyclic) bond motifs is 2. The Labute approximate surface area is 167 Å². The van der Waals surface area contributed by atoms with Crippen molar-refractivity contribution in [3.63, 3.8) is 0 Å². The molecule has 1 amide bonds. The number of halogens is 1. The first-order valence-electron chi connectivity index (χ1n) is 9.98. The summed E-state index contributed by atoms with van der Waals surface area (Å²) in [7, 11) is 0. The van der Waals surface area contributed by atoms with Crippen molar-refractivity contribution >= 4 is 11.6 Å². The van der Waals surface area contributed by atoms with Crippen LogP contribution in [0.4, 0.5) is 10.1 Å². The molecule has 2 aromatic carbocycles. The van der Waals surface area contributed by atoms with Gasteiger partial charge in [0.15, 0.2) is 0 Å². The lowest BCUT2D eigenvalue weighted by Gasteiger charge is -2.25. The second-order valence-electron chi connectivity index (χ2n) is 8.13. The smallest absolute Gasteiger partial charge is 0.312 e. The van der Waals surface area contributed by atoms with Crippen molar-refractivity contribution in [1.82, 2.24) is 9.55 Å². The van der Waals surface area contributed by atoms with E-state index in [2.05, 4.69) is 4.98 Å². The van der Waals surface area contributed by atoms with Gasteiger partial charge in [0, 0.05) is 35.0 Å². The number of aryl methyl sites for hydroxylation is 1. The second kappa shape index (κ2) is 6.44. The zero-order chi connectivity index (χ0) is 20.2. The lowest BCUT2D eigenvalue weighted by atomic mass is 9.80. The van der Waals surface area contributed by atoms with E-state index in [0.29, 0.717) is 29.0 Å². The fourth-order valence-corrected chi connectivity index (χ4v) is 5.08. The first kappa shape index (κ1) is 17.9. The molecule has 6 heteroatoms. The van der Waals surface area contributed by atoms with Crippen molar-refractivity contribution in [3.05, 3.63) is 81.8 Å². The Bertz CT molecular complexity index is 1170. The van der Waals surface area contributed by atoms with Crippen LogP contribution in [0.2, 0.25) is 0 Å². The number of imidazole rings is 1. The van der Waals surface area contributed by atoms with Crippen molar-refractivity contribution in [2.75, 3.05) is 11.4 Å². The van der Waals surface area contributed by atoms with Gasteiger partial charge in [-0.1, -0.05) is 25.0 Å². The first-order chi connectivity index (χ1) is 14.0. The maximum atomic E-state index is 14.8. The van der Waals surface area contributed by atoms with E-state index in [9.17, 15) is 14.0 Å². The number of aromatic amines is 1. The van der Waals surface area contributed by atoms with Gasteiger partial charge in [-0.3, -0.25) is 9.36 Å². The number of carbonyl (C=O) groups excluding carboxylic acids is 1. The lowest BCUT2D eigenvalue weighted by molar-refractivity contribution is 0.0985. The van der Waals surface area contributed by atoms with Gasteiger partial charge in [-0.2, -0.15) is 0 Å². The predicted octanol–water partition coefficient (Wildman–Crippen LogP) is 4.09. The summed E-state index contributed by atoms with van der Waals surface area (Å²) in [6, 6.07) is 12.1. The molecule has 1 aliphatic heterocycles. The standard InChI is InChI=1S/C23H22FN3O2/c1-15-13-25-22(29)27(15)17-7-4-6-16(12-17)21(28)26-14-23(10-2-3-11-23)20-18(24)8-5-9-19(20)26/h4-9,12-13H,2-3,10-11,14H2,1H3,(H,25,29). The fraction of sp³-hybridized carbons (Fsp3) is 0.304. The van der Waals surface area contributed by atoms with Crippen LogP contribution in [-0.2, 0) is 5.41 Å². The normalized spacial score (nSPS) is 17.1. The number of nitrogens with zero attached hydrogens (tertiary/aromatic N) is 2. The Hall–Kier alpha value is -3.15. The Balaban J connectivity index is 1.57. The fourth-order valence-electron chi connectivity index (χ4n) is 5.08. The molecule has 5 rings (SSSR count). The molecule has 3 aromatic rings. The Kier molecular flexibility index (Phi) is 3.98. The van der Waals surface area contributed by atoms with Crippen LogP contribution in [0.5, 0.6) is 0 Å². The minimum absolute atomic E-state index is 0.163. The molecule has 2 aliphatic rings. The maximum absolute atomic E-state index is 14.8. The highest BCUT2D eigenvalue weighted by Crippen LogP contribution is 2.51. The number of nitrogens with one attached hydrogen (secondary N) is 1. The molecule has 1 spiro atoms. The van der Waals surface area contributed by atoms with Gasteiger partial charge in [-0.05, 0) is 50.1 Å². The third kappa shape index (κ3) is 2.66. The second-order valence-corrected chi connectivity index (χ2v) is 8.13. The van der Waals surface area contributed by atoms with Crippen LogP contribution in [0.15, 0.2) is 53.5 Å². The van der Waals surface area contributed by atoms with Crippen molar-refractivity contribution in [3.8, 4) is 5.69 Å². The summed E-state index contributed by atoms with van der Waals surface area (Å²) in [5, 5.41) is 0. The number of amides is 1. The van der Waals surface area contributed by atoms with Gasteiger partial charge in [0.1, 0.15) is 5.82 Å². The summed E-state index contributed by atoms with van der Waals surface area (Å²) < 4.78 is 16.3. The molecule has 0 saturated heterocycles. The van der Waals surface area contributed by atoms with Gasteiger partial charge in [0.2, 0.25) is 0 Å². The van der Waals surface area contributed by atoms with Crippen LogP contribution in [0.1, 0.15) is 47.3 Å². The van der Waals surface area contributed by atoms with Gasteiger partial charge in [-0.25, -0.2) is 9.18 Å². The maximum Gasteiger partial charge on any atom is 0.330 e. The van der Waals surface area contributed by atoms with Crippen LogP contribution >= 0.6 is 0 Å². The van der Waals surface area contributed by atoms with Crippen molar-refractivity contribution in [2.45, 2.75) is 38.0 Å². The molecule has 5 nitrogen and oxygen atoms in total. The number of carbonyl (C=O) groups is 1. The zero-order valence-electron chi connectivity index (χ0n) is 16.2. The number of anilines is 1. The molecule has 1 fully saturated rings. The Morgan fingerprint density at radius 2 is 1.90 bits per heavy atom. The highest BCUT2D eigenvalue weighted by Gasteiger charge is 2.48. The molecule has 2 heterocycles. The molecule has 0 atom stereocenters. The molecule has 0 radical (unpaired) electrons. The lowest BCUT2D eigenvalue weighted by Crippen LogP contribution is -2.35. The number of aromatic nitrogens is 2. The molecule has 1 saturated carbocycles. The van der Waals surface area contributed by atoms with E-state index in [1.807, 2.05) is 13.0 Å². The molecule has 0 bridgehead atoms.